The van der Waals surface area contributed by atoms with Crippen LogP contribution in [-0.2, 0) is 0 Å². The van der Waals surface area contributed by atoms with E-state index in [2.05, 4.69) is 26.0 Å². The normalized spacial score (nSPS) is 11.1. The van der Waals surface area contributed by atoms with E-state index in [1.807, 2.05) is 0 Å². The van der Waals surface area contributed by atoms with Crippen LogP contribution in [0, 0.1) is 5.82 Å². The Bertz CT molecular complexity index is 703. The van der Waals surface area contributed by atoms with Crippen LogP contribution in [0.1, 0.15) is 10.4 Å². The van der Waals surface area contributed by atoms with Gasteiger partial charge in [0.2, 0.25) is 0 Å². The Labute approximate surface area is 131 Å². The molecule has 2 rings (SSSR count). The highest BCUT2D eigenvalue weighted by atomic mass is 79.9. The summed E-state index contributed by atoms with van der Waals surface area (Å²) in [6.45, 7) is 0. The van der Waals surface area contributed by atoms with Crippen LogP contribution >= 0.6 is 15.9 Å². The van der Waals surface area contributed by atoms with Crippen molar-refractivity contribution in [1.82, 2.24) is 0 Å². The van der Waals surface area contributed by atoms with Gasteiger partial charge < -0.3 is 10.1 Å². The fourth-order valence-electron chi connectivity index (χ4n) is 1.65. The van der Waals surface area contributed by atoms with E-state index in [1.54, 1.807) is 0 Å². The molecule has 0 heterocycles. The van der Waals surface area contributed by atoms with Gasteiger partial charge in [-0.05, 0) is 46.3 Å². The number of amides is 1. The molecule has 8 heteroatoms. The van der Waals surface area contributed by atoms with Crippen LogP contribution in [-0.4, -0.2) is 12.3 Å². The zero-order valence-corrected chi connectivity index (χ0v) is 12.3. The topological polar surface area (TPSA) is 38.3 Å². The second-order valence-corrected chi connectivity index (χ2v) is 4.98. The second-order valence-electron chi connectivity index (χ2n) is 4.12. The average molecular weight is 378 g/mol. The lowest BCUT2D eigenvalue weighted by Crippen LogP contribution is -2.19. The molecule has 0 bridgehead atoms. The van der Waals surface area contributed by atoms with E-state index >= 15 is 0 Å². The molecule has 2 aromatic carbocycles. The standard InChI is InChI=1S/C14H8BrF4NO2/c15-10-7-8(16)5-6-9(10)13(21)20-11-3-1-2-4-12(11)22-14(17,18)19/h1-7H,(H,20,21). The molecule has 3 nitrogen and oxygen atoms in total. The summed E-state index contributed by atoms with van der Waals surface area (Å²) < 4.78 is 53.9. The molecule has 0 atom stereocenters. The number of hydrogen-bond donors (Lipinski definition) is 1. The molecule has 0 radical (unpaired) electrons. The molecular weight excluding hydrogens is 370 g/mol. The molecule has 22 heavy (non-hydrogen) atoms. The molecule has 0 aliphatic carbocycles. The van der Waals surface area contributed by atoms with Gasteiger partial charge in [-0.3, -0.25) is 4.79 Å². The van der Waals surface area contributed by atoms with Crippen molar-refractivity contribution >= 4 is 27.5 Å². The van der Waals surface area contributed by atoms with Gasteiger partial charge in [0.05, 0.1) is 11.3 Å². The summed E-state index contributed by atoms with van der Waals surface area (Å²) in [6.07, 6.45) is -4.88. The van der Waals surface area contributed by atoms with Crippen LogP contribution in [0.15, 0.2) is 46.9 Å². The van der Waals surface area contributed by atoms with Gasteiger partial charge in [0.1, 0.15) is 5.82 Å². The maximum absolute atomic E-state index is 13.0. The lowest BCUT2D eigenvalue weighted by Gasteiger charge is -2.14. The van der Waals surface area contributed by atoms with E-state index < -0.39 is 23.8 Å². The highest BCUT2D eigenvalue weighted by Crippen LogP contribution is 2.30. The fraction of sp³-hybridized carbons (Fsp3) is 0.0714. The third-order valence-corrected chi connectivity index (χ3v) is 3.19. The Kier molecular flexibility index (Phi) is 4.70. The van der Waals surface area contributed by atoms with E-state index in [9.17, 15) is 22.4 Å². The highest BCUT2D eigenvalue weighted by molar-refractivity contribution is 9.10. The summed E-state index contributed by atoms with van der Waals surface area (Å²) in [6, 6.07) is 8.47. The van der Waals surface area contributed by atoms with Crippen molar-refractivity contribution in [1.29, 1.82) is 0 Å². The Morgan fingerprint density at radius 3 is 2.45 bits per heavy atom. The van der Waals surface area contributed by atoms with E-state index in [0.717, 1.165) is 18.2 Å². The molecule has 0 saturated heterocycles. The van der Waals surface area contributed by atoms with Gasteiger partial charge in [0, 0.05) is 4.47 Å². The van der Waals surface area contributed by atoms with E-state index in [-0.39, 0.29) is 15.7 Å². The van der Waals surface area contributed by atoms with Crippen molar-refractivity contribution in [2.24, 2.45) is 0 Å². The van der Waals surface area contributed by atoms with Crippen LogP contribution in [0.2, 0.25) is 0 Å². The Morgan fingerprint density at radius 2 is 1.82 bits per heavy atom. The third-order valence-electron chi connectivity index (χ3n) is 2.54. The minimum Gasteiger partial charge on any atom is -0.404 e. The molecule has 0 aromatic heterocycles. The van der Waals surface area contributed by atoms with Gasteiger partial charge in [-0.25, -0.2) is 4.39 Å². The minimum absolute atomic E-state index is 0.0724. The summed E-state index contributed by atoms with van der Waals surface area (Å²) in [5, 5.41) is 2.29. The molecule has 1 N–H and O–H groups in total. The number of carbonyl (C=O) groups is 1. The van der Waals surface area contributed by atoms with Gasteiger partial charge in [0.15, 0.2) is 5.75 Å². The largest absolute Gasteiger partial charge is 0.573 e. The molecule has 0 unspecified atom stereocenters. The number of nitrogens with one attached hydrogen (secondary N) is 1. The molecule has 1 amide bonds. The molecule has 0 spiro atoms. The number of carbonyl (C=O) groups excluding carboxylic acids is 1. The van der Waals surface area contributed by atoms with E-state index in [1.165, 1.54) is 24.3 Å². The predicted molar refractivity (Wildman–Crippen MR) is 75.2 cm³/mol. The number of alkyl halides is 3. The Hall–Kier alpha value is -2.09. The van der Waals surface area contributed by atoms with Gasteiger partial charge in [0.25, 0.3) is 5.91 Å². The first-order valence-electron chi connectivity index (χ1n) is 5.87. The van der Waals surface area contributed by atoms with Crippen molar-refractivity contribution in [3.05, 3.63) is 58.3 Å². The molecule has 2 aromatic rings. The number of ether oxygens (including phenoxy) is 1. The minimum atomic E-state index is -4.88. The molecule has 0 saturated carbocycles. The smallest absolute Gasteiger partial charge is 0.404 e. The summed E-state index contributed by atoms with van der Waals surface area (Å²) in [5.41, 5.74) is -0.0794. The highest BCUT2D eigenvalue weighted by Gasteiger charge is 2.32. The maximum Gasteiger partial charge on any atom is 0.573 e. The van der Waals surface area contributed by atoms with Crippen molar-refractivity contribution in [2.45, 2.75) is 6.36 Å². The average Bonchev–Trinajstić information content (AvgIpc) is 2.39. The quantitative estimate of drug-likeness (QED) is 0.784. The number of para-hydroxylation sites is 2. The summed E-state index contributed by atoms with van der Waals surface area (Å²) in [5.74, 6) is -1.80. The number of anilines is 1. The predicted octanol–water partition coefficient (Wildman–Crippen LogP) is 4.74. The van der Waals surface area contributed by atoms with E-state index in [0.29, 0.717) is 0 Å². The molecule has 0 aliphatic heterocycles. The van der Waals surface area contributed by atoms with Crippen LogP contribution in [0.25, 0.3) is 0 Å². The number of hydrogen-bond acceptors (Lipinski definition) is 2. The molecule has 0 fully saturated rings. The first kappa shape index (κ1) is 16.3. The third kappa shape index (κ3) is 4.20. The maximum atomic E-state index is 13.0. The summed E-state index contributed by atoms with van der Waals surface area (Å²) in [7, 11) is 0. The van der Waals surface area contributed by atoms with Crippen molar-refractivity contribution in [3.8, 4) is 5.75 Å². The number of rotatable bonds is 3. The van der Waals surface area contributed by atoms with Gasteiger partial charge in [-0.2, -0.15) is 0 Å². The second kappa shape index (κ2) is 6.35. The van der Waals surface area contributed by atoms with Gasteiger partial charge in [-0.15, -0.1) is 13.2 Å². The molecule has 116 valence electrons. The lowest BCUT2D eigenvalue weighted by atomic mass is 10.2. The zero-order chi connectivity index (χ0) is 16.3. The number of halogens is 5. The Morgan fingerprint density at radius 1 is 1.14 bits per heavy atom. The zero-order valence-electron chi connectivity index (χ0n) is 10.7. The Balaban J connectivity index is 2.25. The fourth-order valence-corrected chi connectivity index (χ4v) is 2.18. The monoisotopic (exact) mass is 377 g/mol. The lowest BCUT2D eigenvalue weighted by molar-refractivity contribution is -0.274. The van der Waals surface area contributed by atoms with Crippen LogP contribution < -0.4 is 10.1 Å². The number of benzene rings is 2. The van der Waals surface area contributed by atoms with Crippen molar-refractivity contribution in [2.75, 3.05) is 5.32 Å². The van der Waals surface area contributed by atoms with Gasteiger partial charge in [-0.1, -0.05) is 12.1 Å². The van der Waals surface area contributed by atoms with Crippen LogP contribution in [0.3, 0.4) is 0 Å². The van der Waals surface area contributed by atoms with Crippen molar-refractivity contribution in [3.63, 3.8) is 0 Å². The molecule has 0 aliphatic rings. The van der Waals surface area contributed by atoms with Crippen LogP contribution in [0.5, 0.6) is 5.75 Å². The first-order valence-corrected chi connectivity index (χ1v) is 6.67. The summed E-state index contributed by atoms with van der Waals surface area (Å²) in [4.78, 5) is 12.1. The first-order chi connectivity index (χ1) is 10.3. The van der Waals surface area contributed by atoms with Crippen LogP contribution in [0.4, 0.5) is 23.2 Å². The van der Waals surface area contributed by atoms with Gasteiger partial charge >= 0.3 is 6.36 Å². The SMILES string of the molecule is O=C(Nc1ccccc1OC(F)(F)F)c1ccc(F)cc1Br. The summed E-state index contributed by atoms with van der Waals surface area (Å²) >= 11 is 3.02. The molecular formula is C14H8BrF4NO2. The van der Waals surface area contributed by atoms with Crippen molar-refractivity contribution < 1.29 is 27.1 Å². The van der Waals surface area contributed by atoms with E-state index in [4.69, 9.17) is 0 Å².